The topological polar surface area (TPSA) is 12.0 Å². The third-order valence-corrected chi connectivity index (χ3v) is 3.73. The molecule has 3 unspecified atom stereocenters. The van der Waals surface area contributed by atoms with Crippen molar-refractivity contribution < 1.29 is 0 Å². The summed E-state index contributed by atoms with van der Waals surface area (Å²) in [5, 5.41) is 3.77. The second-order valence-corrected chi connectivity index (χ2v) is 4.81. The Kier molecular flexibility index (Phi) is 2.40. The van der Waals surface area contributed by atoms with Crippen molar-refractivity contribution in [1.29, 1.82) is 0 Å². The van der Waals surface area contributed by atoms with E-state index in [0.717, 1.165) is 23.9 Å². The number of hydrogen-bond acceptors (Lipinski definition) is 1. The lowest BCUT2D eigenvalue weighted by Crippen LogP contribution is -2.41. The highest BCUT2D eigenvalue weighted by atomic mass is 15.0. The Morgan fingerprint density at radius 2 is 1.75 bits per heavy atom. The van der Waals surface area contributed by atoms with Gasteiger partial charge in [0.2, 0.25) is 0 Å². The average Bonchev–Trinajstić information content (AvgIpc) is 2.83. The molecular formula is C11H21N. The maximum absolute atomic E-state index is 3.77. The van der Waals surface area contributed by atoms with Crippen LogP contribution in [0.3, 0.4) is 0 Å². The van der Waals surface area contributed by atoms with Gasteiger partial charge < -0.3 is 5.32 Å². The first-order valence-corrected chi connectivity index (χ1v) is 5.53. The monoisotopic (exact) mass is 167 g/mol. The van der Waals surface area contributed by atoms with E-state index in [0.29, 0.717) is 0 Å². The summed E-state index contributed by atoms with van der Waals surface area (Å²) in [4.78, 5) is 0. The van der Waals surface area contributed by atoms with Gasteiger partial charge in [-0.25, -0.2) is 0 Å². The number of nitrogens with one attached hydrogen (secondary N) is 1. The second-order valence-electron chi connectivity index (χ2n) is 4.81. The quantitative estimate of drug-likeness (QED) is 0.666. The van der Waals surface area contributed by atoms with E-state index in [2.05, 4.69) is 19.2 Å². The van der Waals surface area contributed by atoms with Crippen LogP contribution in [0.2, 0.25) is 0 Å². The number of hydrogen-bond donors (Lipinski definition) is 1. The largest absolute Gasteiger partial charge is 0.311 e. The molecule has 2 rings (SSSR count). The predicted octanol–water partition coefficient (Wildman–Crippen LogP) is 2.56. The number of rotatable bonds is 2. The van der Waals surface area contributed by atoms with Crippen molar-refractivity contribution in [3.8, 4) is 0 Å². The molecule has 0 saturated heterocycles. The molecule has 0 heterocycles. The molecule has 12 heavy (non-hydrogen) atoms. The van der Waals surface area contributed by atoms with Gasteiger partial charge >= 0.3 is 0 Å². The van der Waals surface area contributed by atoms with Gasteiger partial charge in [-0.05, 0) is 31.1 Å². The van der Waals surface area contributed by atoms with Crippen LogP contribution < -0.4 is 5.32 Å². The minimum absolute atomic E-state index is 0.834. The molecule has 70 valence electrons. The summed E-state index contributed by atoms with van der Waals surface area (Å²) in [7, 11) is 0. The molecule has 0 spiro atoms. The molecule has 1 heteroatoms. The van der Waals surface area contributed by atoms with Gasteiger partial charge in [0.1, 0.15) is 0 Å². The average molecular weight is 167 g/mol. The Labute approximate surface area is 75.9 Å². The van der Waals surface area contributed by atoms with Gasteiger partial charge in [0.05, 0.1) is 0 Å². The van der Waals surface area contributed by atoms with E-state index >= 15 is 0 Å². The summed E-state index contributed by atoms with van der Waals surface area (Å²) in [6.45, 7) is 4.83. The summed E-state index contributed by atoms with van der Waals surface area (Å²) < 4.78 is 0. The van der Waals surface area contributed by atoms with Crippen molar-refractivity contribution in [3.05, 3.63) is 0 Å². The Morgan fingerprint density at radius 3 is 2.42 bits per heavy atom. The van der Waals surface area contributed by atoms with Crippen LogP contribution in [0, 0.1) is 11.8 Å². The van der Waals surface area contributed by atoms with Gasteiger partial charge in [-0.3, -0.25) is 0 Å². The fourth-order valence-electron chi connectivity index (χ4n) is 2.37. The fourth-order valence-corrected chi connectivity index (χ4v) is 2.37. The summed E-state index contributed by atoms with van der Waals surface area (Å²) in [6, 6.07) is 1.73. The molecule has 0 radical (unpaired) electrons. The molecule has 2 fully saturated rings. The zero-order chi connectivity index (χ0) is 8.55. The molecule has 2 aliphatic carbocycles. The highest BCUT2D eigenvalue weighted by molar-refractivity contribution is 4.89. The molecule has 3 atom stereocenters. The molecule has 2 aliphatic rings. The van der Waals surface area contributed by atoms with Crippen LogP contribution in [0.4, 0.5) is 0 Å². The van der Waals surface area contributed by atoms with Crippen molar-refractivity contribution in [2.75, 3.05) is 0 Å². The lowest BCUT2D eigenvalue weighted by molar-refractivity contribution is 0.205. The molecule has 1 nitrogen and oxygen atoms in total. The van der Waals surface area contributed by atoms with Crippen LogP contribution >= 0.6 is 0 Å². The van der Waals surface area contributed by atoms with E-state index < -0.39 is 0 Å². The molecule has 0 aromatic carbocycles. The highest BCUT2D eigenvalue weighted by Gasteiger charge is 2.31. The zero-order valence-corrected chi connectivity index (χ0v) is 8.34. The van der Waals surface area contributed by atoms with Gasteiger partial charge in [-0.15, -0.1) is 0 Å². The Morgan fingerprint density at radius 1 is 1.00 bits per heavy atom. The molecule has 0 aromatic rings. The fraction of sp³-hybridized carbons (Fsp3) is 1.00. The maximum Gasteiger partial charge on any atom is 0.00978 e. The van der Waals surface area contributed by atoms with E-state index in [1.165, 1.54) is 32.1 Å². The first-order chi connectivity index (χ1) is 5.77. The third-order valence-electron chi connectivity index (χ3n) is 3.73. The predicted molar refractivity (Wildman–Crippen MR) is 52.1 cm³/mol. The minimum Gasteiger partial charge on any atom is -0.311 e. The van der Waals surface area contributed by atoms with Crippen molar-refractivity contribution >= 4 is 0 Å². The first kappa shape index (κ1) is 8.55. The van der Waals surface area contributed by atoms with Gasteiger partial charge in [-0.1, -0.05) is 26.7 Å². The maximum atomic E-state index is 3.77. The lowest BCUT2D eigenvalue weighted by Gasteiger charge is -2.34. The molecule has 0 aromatic heterocycles. The van der Waals surface area contributed by atoms with Crippen molar-refractivity contribution in [1.82, 2.24) is 5.32 Å². The highest BCUT2D eigenvalue weighted by Crippen LogP contribution is 2.31. The zero-order valence-electron chi connectivity index (χ0n) is 8.34. The van der Waals surface area contributed by atoms with Crippen LogP contribution in [0.5, 0.6) is 0 Å². The van der Waals surface area contributed by atoms with Crippen LogP contribution in [0.15, 0.2) is 0 Å². The van der Waals surface area contributed by atoms with Gasteiger partial charge in [-0.2, -0.15) is 0 Å². The van der Waals surface area contributed by atoms with Crippen LogP contribution in [-0.4, -0.2) is 12.1 Å². The third kappa shape index (κ3) is 1.82. The first-order valence-electron chi connectivity index (χ1n) is 5.53. The van der Waals surface area contributed by atoms with E-state index in [-0.39, 0.29) is 0 Å². The van der Waals surface area contributed by atoms with E-state index in [9.17, 15) is 0 Å². The molecular weight excluding hydrogens is 146 g/mol. The smallest absolute Gasteiger partial charge is 0.00978 e. The summed E-state index contributed by atoms with van der Waals surface area (Å²) in [5.74, 6) is 1.84. The van der Waals surface area contributed by atoms with Gasteiger partial charge in [0.15, 0.2) is 0 Å². The van der Waals surface area contributed by atoms with Crippen molar-refractivity contribution in [3.63, 3.8) is 0 Å². The molecule has 0 amide bonds. The van der Waals surface area contributed by atoms with Crippen LogP contribution in [0.25, 0.3) is 0 Å². The lowest BCUT2D eigenvalue weighted by atomic mass is 9.78. The molecule has 0 aliphatic heterocycles. The normalized spacial score (nSPS) is 43.0. The SMILES string of the molecule is CC1CCCC(NC2CC2)C1C. The molecule has 0 bridgehead atoms. The van der Waals surface area contributed by atoms with Crippen molar-refractivity contribution in [2.24, 2.45) is 11.8 Å². The summed E-state index contributed by atoms with van der Waals surface area (Å²) >= 11 is 0. The van der Waals surface area contributed by atoms with Gasteiger partial charge in [0.25, 0.3) is 0 Å². The minimum atomic E-state index is 0.834. The van der Waals surface area contributed by atoms with Crippen LogP contribution in [-0.2, 0) is 0 Å². The van der Waals surface area contributed by atoms with E-state index in [4.69, 9.17) is 0 Å². The molecule has 1 N–H and O–H groups in total. The Balaban J connectivity index is 1.84. The summed E-state index contributed by atoms with van der Waals surface area (Å²) in [5.41, 5.74) is 0. The Bertz CT molecular complexity index is 151. The summed E-state index contributed by atoms with van der Waals surface area (Å²) in [6.07, 6.45) is 7.16. The second kappa shape index (κ2) is 3.37. The molecule has 2 saturated carbocycles. The van der Waals surface area contributed by atoms with Crippen LogP contribution in [0.1, 0.15) is 46.0 Å². The van der Waals surface area contributed by atoms with E-state index in [1.54, 1.807) is 0 Å². The standard InChI is InChI=1S/C11H21N/c1-8-4-3-5-11(9(8)2)12-10-6-7-10/h8-12H,3-7H2,1-2H3. The Hall–Kier alpha value is -0.0400. The van der Waals surface area contributed by atoms with Crippen molar-refractivity contribution in [2.45, 2.75) is 58.0 Å². The van der Waals surface area contributed by atoms with E-state index in [1.807, 2.05) is 0 Å². The van der Waals surface area contributed by atoms with Gasteiger partial charge in [0, 0.05) is 12.1 Å².